The van der Waals surface area contributed by atoms with E-state index in [0.29, 0.717) is 45.3 Å². The summed E-state index contributed by atoms with van der Waals surface area (Å²) in [5.74, 6) is -0.872. The van der Waals surface area contributed by atoms with Crippen molar-refractivity contribution in [1.82, 2.24) is 15.2 Å². The molecule has 1 aliphatic rings. The molecule has 1 saturated heterocycles. The standard InChI is InChI=1S/C27H43N3O8/c1-19(2)16-22-18-28(14-15-29(22)38-26(33)37-27(3,4)5)25(32)21(17-24(31)30(34)35)9-7-8-20-10-12-23(36-6)13-11-20/h10-13,19,21-22,34-35H,7-9,14-18H2,1-6H3/t21?,22-/m1/s1. The number of hydroxylamine groups is 4. The maximum absolute atomic E-state index is 13.6. The quantitative estimate of drug-likeness (QED) is 0.244. The van der Waals surface area contributed by atoms with E-state index in [1.165, 1.54) is 0 Å². The maximum Gasteiger partial charge on any atom is 0.528 e. The van der Waals surface area contributed by atoms with Crippen LogP contribution in [0.4, 0.5) is 4.79 Å². The normalized spacial score (nSPS) is 17.2. The summed E-state index contributed by atoms with van der Waals surface area (Å²) < 4.78 is 10.5. The fourth-order valence-electron chi connectivity index (χ4n) is 4.47. The molecule has 2 rings (SSSR count). The Balaban J connectivity index is 2.08. The number of piperazine rings is 1. The van der Waals surface area contributed by atoms with Gasteiger partial charge in [-0.15, -0.1) is 5.06 Å². The summed E-state index contributed by atoms with van der Waals surface area (Å²) in [6, 6.07) is 7.38. The largest absolute Gasteiger partial charge is 0.528 e. The van der Waals surface area contributed by atoms with Gasteiger partial charge in [-0.1, -0.05) is 31.2 Å². The Bertz CT molecular complexity index is 914. The van der Waals surface area contributed by atoms with Crippen LogP contribution in [-0.2, 0) is 25.6 Å². The smallest absolute Gasteiger partial charge is 0.497 e. The van der Waals surface area contributed by atoms with Gasteiger partial charge in [-0.25, -0.2) is 4.79 Å². The third-order valence-corrected chi connectivity index (χ3v) is 6.24. The van der Waals surface area contributed by atoms with Gasteiger partial charge in [-0.3, -0.25) is 20.0 Å². The Kier molecular flexibility index (Phi) is 11.8. The lowest BCUT2D eigenvalue weighted by atomic mass is 9.93. The number of methoxy groups -OCH3 is 1. The summed E-state index contributed by atoms with van der Waals surface area (Å²) in [5.41, 5.74) is 0.376. The number of rotatable bonds is 11. The Labute approximate surface area is 225 Å². The molecule has 1 unspecified atom stereocenters. The third kappa shape index (κ3) is 10.5. The summed E-state index contributed by atoms with van der Waals surface area (Å²) in [6.45, 7) is 10.3. The second kappa shape index (κ2) is 14.3. The Morgan fingerprint density at radius 3 is 2.32 bits per heavy atom. The van der Waals surface area contributed by atoms with Crippen LogP contribution in [-0.4, -0.2) is 82.0 Å². The highest BCUT2D eigenvalue weighted by molar-refractivity contribution is 5.85. The van der Waals surface area contributed by atoms with Crippen molar-refractivity contribution in [1.29, 1.82) is 0 Å². The molecule has 2 N–H and O–H groups in total. The van der Waals surface area contributed by atoms with Gasteiger partial charge in [0.1, 0.15) is 11.4 Å². The molecule has 38 heavy (non-hydrogen) atoms. The summed E-state index contributed by atoms with van der Waals surface area (Å²) in [6.07, 6.45) is 1.28. The van der Waals surface area contributed by atoms with E-state index < -0.39 is 28.8 Å². The second-order valence-electron chi connectivity index (χ2n) is 11.1. The average Bonchev–Trinajstić information content (AvgIpc) is 2.82. The van der Waals surface area contributed by atoms with Gasteiger partial charge in [0.25, 0.3) is 5.91 Å². The van der Waals surface area contributed by atoms with Gasteiger partial charge in [-0.2, -0.15) is 0 Å². The minimum absolute atomic E-state index is 0.236. The molecule has 0 bridgehead atoms. The van der Waals surface area contributed by atoms with Crippen molar-refractivity contribution in [3.05, 3.63) is 29.8 Å². The van der Waals surface area contributed by atoms with Crippen LogP contribution < -0.4 is 4.74 Å². The SMILES string of the molecule is COc1ccc(CCCC(CC(=O)N(O)O)C(=O)N2CCN(OC(=O)OC(C)(C)C)[C@H](CC(C)C)C2)cc1. The van der Waals surface area contributed by atoms with E-state index in [2.05, 4.69) is 0 Å². The number of aryl methyl sites for hydroxylation is 1. The van der Waals surface area contributed by atoms with Crippen molar-refractivity contribution < 1.29 is 39.1 Å². The number of hydrogen-bond donors (Lipinski definition) is 2. The lowest BCUT2D eigenvalue weighted by Gasteiger charge is -2.41. The summed E-state index contributed by atoms with van der Waals surface area (Å²) in [4.78, 5) is 45.1. The van der Waals surface area contributed by atoms with Gasteiger partial charge >= 0.3 is 6.16 Å². The fourth-order valence-corrected chi connectivity index (χ4v) is 4.47. The second-order valence-corrected chi connectivity index (χ2v) is 11.1. The first-order valence-electron chi connectivity index (χ1n) is 13.1. The number of carbonyl (C=O) groups is 3. The molecule has 2 atom stereocenters. The van der Waals surface area contributed by atoms with E-state index >= 15 is 0 Å². The van der Waals surface area contributed by atoms with Crippen LogP contribution in [0.5, 0.6) is 5.75 Å². The number of nitrogens with zero attached hydrogens (tertiary/aromatic N) is 3. The molecule has 0 aliphatic carbocycles. The Morgan fingerprint density at radius 2 is 1.76 bits per heavy atom. The first-order valence-corrected chi connectivity index (χ1v) is 13.1. The Morgan fingerprint density at radius 1 is 1.11 bits per heavy atom. The maximum atomic E-state index is 13.6. The lowest BCUT2D eigenvalue weighted by molar-refractivity contribution is -0.285. The van der Waals surface area contributed by atoms with E-state index in [0.717, 1.165) is 11.3 Å². The lowest BCUT2D eigenvalue weighted by Crippen LogP contribution is -2.56. The molecule has 1 heterocycles. The average molecular weight is 538 g/mol. The van der Waals surface area contributed by atoms with Crippen molar-refractivity contribution in [2.75, 3.05) is 26.7 Å². The van der Waals surface area contributed by atoms with Gasteiger partial charge in [0, 0.05) is 25.4 Å². The number of hydrogen-bond acceptors (Lipinski definition) is 9. The van der Waals surface area contributed by atoms with Crippen molar-refractivity contribution in [3.8, 4) is 5.75 Å². The van der Waals surface area contributed by atoms with Crippen LogP contribution in [0.25, 0.3) is 0 Å². The molecular formula is C27H43N3O8. The monoisotopic (exact) mass is 537 g/mol. The van der Waals surface area contributed by atoms with Crippen LogP contribution in [0.2, 0.25) is 0 Å². The predicted molar refractivity (Wildman–Crippen MR) is 138 cm³/mol. The van der Waals surface area contributed by atoms with Gasteiger partial charge in [0.15, 0.2) is 0 Å². The topological polar surface area (TPSA) is 129 Å². The highest BCUT2D eigenvalue weighted by Gasteiger charge is 2.36. The minimum atomic E-state index is -0.946. The van der Waals surface area contributed by atoms with Crippen LogP contribution in [0.15, 0.2) is 24.3 Å². The van der Waals surface area contributed by atoms with Crippen LogP contribution in [0.3, 0.4) is 0 Å². The Hall–Kier alpha value is -2.89. The van der Waals surface area contributed by atoms with E-state index in [-0.39, 0.29) is 24.3 Å². The molecule has 0 saturated carbocycles. The molecule has 2 amide bonds. The highest BCUT2D eigenvalue weighted by Crippen LogP contribution is 2.24. The van der Waals surface area contributed by atoms with Crippen LogP contribution >= 0.6 is 0 Å². The van der Waals surface area contributed by atoms with E-state index in [9.17, 15) is 24.8 Å². The van der Waals surface area contributed by atoms with Crippen molar-refractivity contribution in [2.45, 2.75) is 78.4 Å². The van der Waals surface area contributed by atoms with E-state index in [4.69, 9.17) is 14.3 Å². The van der Waals surface area contributed by atoms with Crippen molar-refractivity contribution in [2.24, 2.45) is 11.8 Å². The van der Waals surface area contributed by atoms with Gasteiger partial charge in [0.2, 0.25) is 5.91 Å². The zero-order valence-corrected chi connectivity index (χ0v) is 23.4. The summed E-state index contributed by atoms with van der Waals surface area (Å²) in [5, 5.41) is 19.5. The minimum Gasteiger partial charge on any atom is -0.497 e. The molecule has 0 radical (unpaired) electrons. The van der Waals surface area contributed by atoms with Gasteiger partial charge in [-0.05, 0) is 70.1 Å². The van der Waals surface area contributed by atoms with Gasteiger partial charge < -0.3 is 19.2 Å². The zero-order valence-electron chi connectivity index (χ0n) is 23.4. The first-order chi connectivity index (χ1) is 17.8. The number of carbonyl (C=O) groups excluding carboxylic acids is 3. The molecule has 11 heteroatoms. The number of amides is 2. The third-order valence-electron chi connectivity index (χ3n) is 6.24. The molecule has 1 aliphatic heterocycles. The molecule has 1 aromatic carbocycles. The fraction of sp³-hybridized carbons (Fsp3) is 0.667. The van der Waals surface area contributed by atoms with Gasteiger partial charge in [0.05, 0.1) is 19.7 Å². The highest BCUT2D eigenvalue weighted by atomic mass is 16.8. The predicted octanol–water partition coefficient (Wildman–Crippen LogP) is 4.06. The number of ether oxygens (including phenoxy) is 2. The first kappa shape index (κ1) is 31.3. The van der Waals surface area contributed by atoms with Crippen molar-refractivity contribution >= 4 is 18.0 Å². The molecule has 0 spiro atoms. The van der Waals surface area contributed by atoms with Crippen LogP contribution in [0, 0.1) is 11.8 Å². The molecule has 214 valence electrons. The molecule has 0 aromatic heterocycles. The molecule has 1 aromatic rings. The molecule has 1 fully saturated rings. The van der Waals surface area contributed by atoms with Crippen molar-refractivity contribution in [3.63, 3.8) is 0 Å². The molecule has 11 nitrogen and oxygen atoms in total. The van der Waals surface area contributed by atoms with E-state index in [1.807, 2.05) is 38.1 Å². The summed E-state index contributed by atoms with van der Waals surface area (Å²) in [7, 11) is 1.60. The van der Waals surface area contributed by atoms with Crippen LogP contribution in [0.1, 0.15) is 65.9 Å². The summed E-state index contributed by atoms with van der Waals surface area (Å²) >= 11 is 0. The molecular weight excluding hydrogens is 494 g/mol. The number of benzene rings is 1. The zero-order chi connectivity index (χ0) is 28.5. The van der Waals surface area contributed by atoms with E-state index in [1.54, 1.807) is 37.8 Å².